The van der Waals surface area contributed by atoms with Crippen molar-refractivity contribution in [3.8, 4) is 0 Å². The highest BCUT2D eigenvalue weighted by Crippen LogP contribution is 2.30. The Labute approximate surface area is 187 Å². The smallest absolute Gasteiger partial charge is 0.410 e. The zero-order valence-electron chi connectivity index (χ0n) is 17.6. The molecule has 1 fully saturated rings. The second-order valence-corrected chi connectivity index (χ2v) is 10.9. The molecule has 11 heteroatoms. The normalized spacial score (nSPS) is 22.4. The largest absolute Gasteiger partial charge is 0.445 e. The number of rotatable bonds is 4. The summed E-state index contributed by atoms with van der Waals surface area (Å²) in [5.41, 5.74) is -0.675. The third-order valence-corrected chi connectivity index (χ3v) is 4.78. The van der Waals surface area contributed by atoms with Gasteiger partial charge in [0.15, 0.2) is 0 Å². The number of carbonyl (C=O) groups is 3. The molecule has 0 aromatic rings. The van der Waals surface area contributed by atoms with Gasteiger partial charge in [0.25, 0.3) is 0 Å². The van der Waals surface area contributed by atoms with Crippen LogP contribution >= 0.6 is 34.8 Å². The summed E-state index contributed by atoms with van der Waals surface area (Å²) in [7, 11) is 4.96. The second-order valence-electron chi connectivity index (χ2n) is 8.34. The lowest BCUT2D eigenvalue weighted by molar-refractivity contribution is -0.134. The molecule has 1 aliphatic carbocycles. The molecule has 3 atom stereocenters. The van der Waals surface area contributed by atoms with Crippen molar-refractivity contribution < 1.29 is 23.9 Å². The predicted octanol–water partition coefficient (Wildman–Crippen LogP) is 3.58. The van der Waals surface area contributed by atoms with Crippen LogP contribution in [0.5, 0.6) is 0 Å². The fourth-order valence-corrected chi connectivity index (χ4v) is 3.31. The van der Waals surface area contributed by atoms with Gasteiger partial charge in [-0.1, -0.05) is 34.8 Å². The third kappa shape index (κ3) is 9.05. The van der Waals surface area contributed by atoms with Crippen LogP contribution < -0.4 is 5.32 Å². The summed E-state index contributed by atoms with van der Waals surface area (Å²) in [4.78, 5) is 40.1. The molecule has 0 aromatic heterocycles. The maximum atomic E-state index is 12.6. The Bertz CT molecular complexity index is 605. The first-order valence-corrected chi connectivity index (χ1v) is 10.4. The lowest BCUT2D eigenvalue weighted by Gasteiger charge is -2.41. The minimum Gasteiger partial charge on any atom is -0.445 e. The maximum absolute atomic E-state index is 12.6. The molecule has 8 nitrogen and oxygen atoms in total. The van der Waals surface area contributed by atoms with E-state index in [0.29, 0.717) is 19.3 Å². The van der Waals surface area contributed by atoms with Crippen molar-refractivity contribution in [1.29, 1.82) is 0 Å². The Kier molecular flexibility index (Phi) is 9.17. The predicted molar refractivity (Wildman–Crippen MR) is 112 cm³/mol. The first kappa shape index (κ1) is 25.9. The van der Waals surface area contributed by atoms with E-state index in [9.17, 15) is 14.4 Å². The Balaban J connectivity index is 2.93. The molecular formula is C18H30Cl3N3O5. The number of alkyl carbamates (subject to hydrolysis) is 1. The van der Waals surface area contributed by atoms with Gasteiger partial charge in [-0.15, -0.1) is 0 Å². The van der Waals surface area contributed by atoms with Gasteiger partial charge in [-0.2, -0.15) is 0 Å². The number of halogens is 3. The number of hydrogen-bond donors (Lipinski definition) is 1. The van der Waals surface area contributed by atoms with Crippen LogP contribution in [-0.2, 0) is 14.3 Å². The highest BCUT2D eigenvalue weighted by atomic mass is 35.6. The molecule has 3 amide bonds. The van der Waals surface area contributed by atoms with Gasteiger partial charge >= 0.3 is 12.2 Å². The summed E-state index contributed by atoms with van der Waals surface area (Å²) < 4.78 is 8.65. The number of nitrogens with zero attached hydrogens (tertiary/aromatic N) is 2. The topological polar surface area (TPSA) is 88.2 Å². The third-order valence-electron chi connectivity index (χ3n) is 4.46. The molecule has 1 aliphatic rings. The van der Waals surface area contributed by atoms with Crippen LogP contribution in [0.15, 0.2) is 0 Å². The lowest BCUT2D eigenvalue weighted by Crippen LogP contribution is -2.57. The van der Waals surface area contributed by atoms with Crippen LogP contribution in [0.1, 0.15) is 40.0 Å². The van der Waals surface area contributed by atoms with E-state index in [1.807, 2.05) is 0 Å². The van der Waals surface area contributed by atoms with Crippen molar-refractivity contribution in [1.82, 2.24) is 15.1 Å². The average Bonchev–Trinajstić information content (AvgIpc) is 2.56. The molecule has 0 radical (unpaired) electrons. The molecule has 0 spiro atoms. The van der Waals surface area contributed by atoms with Crippen LogP contribution in [0.4, 0.5) is 9.59 Å². The number of hydrogen-bond acceptors (Lipinski definition) is 5. The summed E-state index contributed by atoms with van der Waals surface area (Å²) in [5, 5.41) is 2.72. The standard InChI is InChI=1S/C18H30Cl3N3O5/c1-17(2,3)29-16(27)24(6)13-9-11(14(25)23(4)5)7-8-12(13)22-15(26)28-10-18(19,20)21/h11-13H,7-10H2,1-6H3,(H,22,26)/t11-,12?,13+/m0/s1. The fraction of sp³-hybridized carbons (Fsp3) is 0.833. The van der Waals surface area contributed by atoms with E-state index in [2.05, 4.69) is 5.32 Å². The van der Waals surface area contributed by atoms with Crippen molar-refractivity contribution in [2.45, 2.75) is 61.5 Å². The zero-order chi connectivity index (χ0) is 22.6. The van der Waals surface area contributed by atoms with Gasteiger partial charge < -0.3 is 24.6 Å². The molecule has 0 bridgehead atoms. The first-order valence-electron chi connectivity index (χ1n) is 9.27. The highest BCUT2D eigenvalue weighted by molar-refractivity contribution is 6.67. The molecule has 0 aliphatic heterocycles. The molecule has 1 saturated carbocycles. The first-order chi connectivity index (χ1) is 13.1. The quantitative estimate of drug-likeness (QED) is 0.629. The van der Waals surface area contributed by atoms with Crippen LogP contribution in [0, 0.1) is 5.92 Å². The Morgan fingerprint density at radius 3 is 2.14 bits per heavy atom. The Hall–Kier alpha value is -1.12. The van der Waals surface area contributed by atoms with Crippen molar-refractivity contribution >= 4 is 52.9 Å². The monoisotopic (exact) mass is 473 g/mol. The van der Waals surface area contributed by atoms with Gasteiger partial charge in [0.2, 0.25) is 9.70 Å². The SMILES string of the molecule is CN(C)C(=O)[C@H]1CCC(NC(=O)OCC(Cl)(Cl)Cl)[C@H](N(C)C(=O)OC(C)(C)C)C1. The van der Waals surface area contributed by atoms with E-state index in [-0.39, 0.29) is 11.8 Å². The molecule has 0 saturated heterocycles. The Morgan fingerprint density at radius 1 is 1.07 bits per heavy atom. The summed E-state index contributed by atoms with van der Waals surface area (Å²) in [6.07, 6.45) is 0.112. The minimum atomic E-state index is -1.72. The van der Waals surface area contributed by atoms with E-state index in [4.69, 9.17) is 44.3 Å². The molecule has 168 valence electrons. The summed E-state index contributed by atoms with van der Waals surface area (Å²) in [5.74, 6) is -0.292. The van der Waals surface area contributed by atoms with Gasteiger partial charge in [0, 0.05) is 27.1 Å². The van der Waals surface area contributed by atoms with Gasteiger partial charge in [-0.3, -0.25) is 4.79 Å². The van der Waals surface area contributed by atoms with Gasteiger partial charge in [0.1, 0.15) is 12.2 Å². The molecular weight excluding hydrogens is 445 g/mol. The number of carbonyl (C=O) groups excluding carboxylic acids is 3. The molecule has 1 unspecified atom stereocenters. The van der Waals surface area contributed by atoms with Gasteiger partial charge in [0.05, 0.1) is 12.1 Å². The van der Waals surface area contributed by atoms with Crippen LogP contribution in [0.2, 0.25) is 0 Å². The summed E-state index contributed by atoms with van der Waals surface area (Å²) >= 11 is 16.8. The number of amides is 3. The van der Waals surface area contributed by atoms with E-state index in [1.54, 1.807) is 41.9 Å². The molecule has 0 heterocycles. The Morgan fingerprint density at radius 2 is 1.66 bits per heavy atom. The molecule has 29 heavy (non-hydrogen) atoms. The molecule has 1 rings (SSSR count). The minimum absolute atomic E-state index is 0.0233. The van der Waals surface area contributed by atoms with Crippen molar-refractivity contribution in [2.75, 3.05) is 27.7 Å². The van der Waals surface area contributed by atoms with Crippen molar-refractivity contribution in [3.63, 3.8) is 0 Å². The highest BCUT2D eigenvalue weighted by Gasteiger charge is 2.40. The number of nitrogens with one attached hydrogen (secondary N) is 1. The lowest BCUT2D eigenvalue weighted by atomic mass is 9.81. The van der Waals surface area contributed by atoms with E-state index >= 15 is 0 Å². The summed E-state index contributed by atoms with van der Waals surface area (Å²) in [6, 6.07) is -0.908. The molecule has 0 aromatic carbocycles. The van der Waals surface area contributed by atoms with Gasteiger partial charge in [-0.25, -0.2) is 9.59 Å². The van der Waals surface area contributed by atoms with Crippen LogP contribution in [0.3, 0.4) is 0 Å². The maximum Gasteiger partial charge on any atom is 0.410 e. The molecule has 1 N–H and O–H groups in total. The van der Waals surface area contributed by atoms with E-state index in [1.165, 1.54) is 9.80 Å². The van der Waals surface area contributed by atoms with Gasteiger partial charge in [-0.05, 0) is 40.0 Å². The van der Waals surface area contributed by atoms with E-state index < -0.39 is 40.3 Å². The zero-order valence-corrected chi connectivity index (χ0v) is 19.9. The number of alkyl halides is 3. The van der Waals surface area contributed by atoms with Crippen molar-refractivity contribution in [2.24, 2.45) is 5.92 Å². The van der Waals surface area contributed by atoms with Crippen LogP contribution in [0.25, 0.3) is 0 Å². The van der Waals surface area contributed by atoms with Crippen molar-refractivity contribution in [3.05, 3.63) is 0 Å². The van der Waals surface area contributed by atoms with E-state index in [0.717, 1.165) is 0 Å². The second kappa shape index (κ2) is 10.3. The average molecular weight is 475 g/mol. The number of ether oxygens (including phenoxy) is 2. The van der Waals surface area contributed by atoms with Crippen LogP contribution in [-0.4, -0.2) is 77.1 Å². The fourth-order valence-electron chi connectivity index (χ4n) is 3.14. The number of likely N-dealkylation sites (N-methyl/N-ethyl adjacent to an activating group) is 1. The summed E-state index contributed by atoms with van der Waals surface area (Å²) in [6.45, 7) is 4.88.